The van der Waals surface area contributed by atoms with Crippen LogP contribution in [-0.2, 0) is 0 Å². The molecule has 0 saturated heterocycles. The molecule has 0 amide bonds. The summed E-state index contributed by atoms with van der Waals surface area (Å²) >= 11 is 4.03. The number of halogens is 1. The Morgan fingerprint density at radius 2 is 0.724 bits per heavy atom. The predicted octanol–water partition coefficient (Wildman–Crippen LogP) is 15.2. The van der Waals surface area contributed by atoms with Gasteiger partial charge in [-0.05, 0) is 89.5 Å². The molecule has 0 N–H and O–H groups in total. The van der Waals surface area contributed by atoms with E-state index < -0.39 is 0 Å². The van der Waals surface area contributed by atoms with Gasteiger partial charge in [-0.1, -0.05) is 119 Å². The first-order valence-corrected chi connectivity index (χ1v) is 23.3. The Kier molecular flexibility index (Phi) is 20.9. The van der Waals surface area contributed by atoms with Crippen LogP contribution in [0, 0.1) is 10.1 Å². The van der Waals surface area contributed by atoms with Gasteiger partial charge in [0.15, 0.2) is 28.7 Å². The first kappa shape index (κ1) is 47.0. The Morgan fingerprint density at radius 1 is 0.431 bits per heavy atom. The van der Waals surface area contributed by atoms with Crippen molar-refractivity contribution in [3.05, 3.63) is 38.9 Å². The molecule has 0 bridgehead atoms. The van der Waals surface area contributed by atoms with Gasteiger partial charge in [0.25, 0.3) is 0 Å². The molecular formula is C48H70BrNO8. The number of nitro benzene ring substituents is 1. The second-order valence-electron chi connectivity index (χ2n) is 15.4. The van der Waals surface area contributed by atoms with Crippen molar-refractivity contribution in [1.82, 2.24) is 0 Å². The molecule has 9 nitrogen and oxygen atoms in total. The summed E-state index contributed by atoms with van der Waals surface area (Å²) in [6, 6.07) is 7.90. The van der Waals surface area contributed by atoms with Crippen molar-refractivity contribution < 1.29 is 33.3 Å². The van der Waals surface area contributed by atoms with Gasteiger partial charge in [-0.3, -0.25) is 10.1 Å². The lowest BCUT2D eigenvalue weighted by Crippen LogP contribution is -2.07. The van der Waals surface area contributed by atoms with E-state index in [1.807, 2.05) is 24.3 Å². The van der Waals surface area contributed by atoms with E-state index in [-0.39, 0.29) is 16.4 Å². The molecule has 0 aliphatic rings. The molecule has 0 heterocycles. The minimum Gasteiger partial charge on any atom is -0.490 e. The van der Waals surface area contributed by atoms with E-state index >= 15 is 0 Å². The second-order valence-corrected chi connectivity index (χ2v) is 16.1. The average molecular weight is 869 g/mol. The van der Waals surface area contributed by atoms with Crippen molar-refractivity contribution in [2.75, 3.05) is 39.6 Å². The van der Waals surface area contributed by atoms with Crippen LogP contribution in [0.4, 0.5) is 5.69 Å². The lowest BCUT2D eigenvalue weighted by molar-refractivity contribution is -0.384. The van der Waals surface area contributed by atoms with Gasteiger partial charge in [0, 0.05) is 16.2 Å². The fourth-order valence-corrected chi connectivity index (χ4v) is 7.98. The van der Waals surface area contributed by atoms with Crippen molar-refractivity contribution in [3.8, 4) is 34.5 Å². The minimum atomic E-state index is -0.305. The standard InChI is InChI=1S/C48H70BrNO8/c1-7-13-19-25-53-39-31-35-37(32-40(39)54-26-20-14-8-2)44-38(34-42(56-28-22-16-10-4)48(46(44)50(51)52)58-30-24-18-12-6)36-33-41(55-27-21-15-9-3)47(45(49)43(35)36)57-29-23-17-11-5/h31-34H,7-30H2,1-6H3. The third kappa shape index (κ3) is 12.7. The van der Waals surface area contributed by atoms with E-state index in [2.05, 4.69) is 57.5 Å². The number of benzene rings is 4. The van der Waals surface area contributed by atoms with Gasteiger partial charge >= 0.3 is 5.69 Å². The molecule has 10 heteroatoms. The zero-order valence-corrected chi connectivity index (χ0v) is 38.0. The van der Waals surface area contributed by atoms with Gasteiger partial charge in [-0.25, -0.2) is 0 Å². The van der Waals surface area contributed by atoms with Crippen LogP contribution in [0.3, 0.4) is 0 Å². The van der Waals surface area contributed by atoms with E-state index in [0.717, 1.165) is 136 Å². The Hall–Kier alpha value is -3.66. The number of ether oxygens (including phenoxy) is 6. The smallest absolute Gasteiger partial charge is 0.323 e. The normalized spacial score (nSPS) is 11.4. The van der Waals surface area contributed by atoms with Crippen LogP contribution in [0.5, 0.6) is 34.5 Å². The SMILES string of the molecule is CCCCCOc1cc2c(cc1OCCCCC)c1c([N+](=O)[O-])c(OCCCCC)c(OCCCCC)cc1c1cc(OCCCCC)c(OCCCCC)c(Br)c21. The fraction of sp³-hybridized carbons (Fsp3) is 0.625. The number of unbranched alkanes of at least 4 members (excludes halogenated alkanes) is 12. The van der Waals surface area contributed by atoms with E-state index in [4.69, 9.17) is 28.4 Å². The molecule has 0 spiro atoms. The van der Waals surface area contributed by atoms with Crippen molar-refractivity contribution in [3.63, 3.8) is 0 Å². The van der Waals surface area contributed by atoms with E-state index in [1.165, 1.54) is 0 Å². The summed E-state index contributed by atoms with van der Waals surface area (Å²) in [4.78, 5) is 13.2. The summed E-state index contributed by atoms with van der Waals surface area (Å²) in [6.45, 7) is 15.8. The molecule has 0 atom stereocenters. The minimum absolute atomic E-state index is 0.110. The molecule has 4 aromatic carbocycles. The largest absolute Gasteiger partial charge is 0.490 e. The first-order valence-electron chi connectivity index (χ1n) is 22.5. The van der Waals surface area contributed by atoms with Crippen LogP contribution >= 0.6 is 15.9 Å². The van der Waals surface area contributed by atoms with Crippen LogP contribution in [0.2, 0.25) is 0 Å². The van der Waals surface area contributed by atoms with Crippen molar-refractivity contribution >= 4 is 53.9 Å². The molecule has 322 valence electrons. The van der Waals surface area contributed by atoms with E-state index in [0.29, 0.717) is 84.5 Å². The lowest BCUT2D eigenvalue weighted by Gasteiger charge is -2.22. The van der Waals surface area contributed by atoms with E-state index in [9.17, 15) is 10.1 Å². The third-order valence-electron chi connectivity index (χ3n) is 10.5. The van der Waals surface area contributed by atoms with Gasteiger partial charge in [-0.15, -0.1) is 0 Å². The molecule has 0 aliphatic carbocycles. The average Bonchev–Trinajstić information content (AvgIpc) is 3.22. The Morgan fingerprint density at radius 3 is 1.09 bits per heavy atom. The maximum Gasteiger partial charge on any atom is 0.323 e. The number of rotatable bonds is 31. The number of hydrogen-bond donors (Lipinski definition) is 0. The predicted molar refractivity (Wildman–Crippen MR) is 243 cm³/mol. The van der Waals surface area contributed by atoms with Gasteiger partial charge in [-0.2, -0.15) is 0 Å². The highest BCUT2D eigenvalue weighted by atomic mass is 79.9. The second kappa shape index (κ2) is 25.7. The number of nitrogens with zero attached hydrogens (tertiary/aromatic N) is 1. The van der Waals surface area contributed by atoms with Crippen LogP contribution < -0.4 is 28.4 Å². The summed E-state index contributed by atoms with van der Waals surface area (Å²) in [5, 5.41) is 17.8. The maximum absolute atomic E-state index is 13.6. The monoisotopic (exact) mass is 867 g/mol. The summed E-state index contributed by atoms with van der Waals surface area (Å²) in [5.74, 6) is 2.97. The molecule has 4 rings (SSSR count). The van der Waals surface area contributed by atoms with E-state index in [1.54, 1.807) is 0 Å². The summed E-state index contributed by atoms with van der Waals surface area (Å²) < 4.78 is 39.7. The highest BCUT2D eigenvalue weighted by molar-refractivity contribution is 9.10. The van der Waals surface area contributed by atoms with Crippen molar-refractivity contribution in [1.29, 1.82) is 0 Å². The van der Waals surface area contributed by atoms with Gasteiger partial charge in [0.2, 0.25) is 5.75 Å². The summed E-state index contributed by atoms with van der Waals surface area (Å²) in [5.41, 5.74) is -0.110. The van der Waals surface area contributed by atoms with Gasteiger partial charge < -0.3 is 28.4 Å². The zero-order valence-electron chi connectivity index (χ0n) is 36.4. The Balaban J connectivity index is 2.17. The molecule has 0 fully saturated rings. The van der Waals surface area contributed by atoms with Gasteiger partial charge in [0.1, 0.15) is 0 Å². The van der Waals surface area contributed by atoms with Gasteiger partial charge in [0.05, 0.1) is 54.4 Å². The zero-order chi connectivity index (χ0) is 41.7. The molecule has 4 aromatic rings. The highest BCUT2D eigenvalue weighted by Crippen LogP contribution is 2.54. The molecule has 0 aliphatic heterocycles. The fourth-order valence-electron chi connectivity index (χ4n) is 7.25. The molecule has 58 heavy (non-hydrogen) atoms. The number of nitro groups is 1. The first-order chi connectivity index (χ1) is 28.4. The summed E-state index contributed by atoms with van der Waals surface area (Å²) in [6.07, 6.45) is 17.7. The van der Waals surface area contributed by atoms with Crippen LogP contribution in [0.25, 0.3) is 32.3 Å². The van der Waals surface area contributed by atoms with Crippen LogP contribution in [0.15, 0.2) is 28.7 Å². The molecule has 0 aromatic heterocycles. The topological polar surface area (TPSA) is 98.5 Å². The third-order valence-corrected chi connectivity index (χ3v) is 11.3. The number of hydrogen-bond acceptors (Lipinski definition) is 8. The summed E-state index contributed by atoms with van der Waals surface area (Å²) in [7, 11) is 0. The maximum atomic E-state index is 13.6. The quantitative estimate of drug-likeness (QED) is 0.0213. The molecule has 0 unspecified atom stereocenters. The van der Waals surface area contributed by atoms with Crippen molar-refractivity contribution in [2.24, 2.45) is 0 Å². The molecule has 0 radical (unpaired) electrons. The van der Waals surface area contributed by atoms with Crippen molar-refractivity contribution in [2.45, 2.75) is 157 Å². The number of fused-ring (bicyclic) bond motifs is 6. The highest BCUT2D eigenvalue weighted by Gasteiger charge is 2.31. The molecular weight excluding hydrogens is 798 g/mol. The van der Waals surface area contributed by atoms with Crippen LogP contribution in [-0.4, -0.2) is 44.6 Å². The molecule has 0 saturated carbocycles. The Bertz CT molecular complexity index is 1840. The van der Waals surface area contributed by atoms with Crippen LogP contribution in [0.1, 0.15) is 157 Å². The lowest BCUT2D eigenvalue weighted by atomic mass is 9.91. The Labute approximate surface area is 356 Å².